The average Bonchev–Trinajstić information content (AvgIpc) is 3.05. The van der Waals surface area contributed by atoms with Gasteiger partial charge in [-0.05, 0) is 52.9 Å². The summed E-state index contributed by atoms with van der Waals surface area (Å²) in [5.74, 6) is 0. The average molecular weight is 358 g/mol. The Labute approximate surface area is 149 Å². The third-order valence-corrected chi connectivity index (χ3v) is 8.17. The van der Waals surface area contributed by atoms with Crippen LogP contribution in [-0.4, -0.2) is 70.1 Å². The Morgan fingerprint density at radius 1 is 1.00 bits per heavy atom. The maximum Gasteiger partial charge on any atom is 0.501 e. The number of rotatable bonds is 11. The van der Waals surface area contributed by atoms with Crippen molar-refractivity contribution in [2.24, 2.45) is 0 Å². The molecule has 24 heavy (non-hydrogen) atoms. The van der Waals surface area contributed by atoms with Gasteiger partial charge < -0.3 is 13.3 Å². The van der Waals surface area contributed by atoms with Crippen molar-refractivity contribution in [2.45, 2.75) is 71.4 Å². The van der Waals surface area contributed by atoms with Gasteiger partial charge in [0.2, 0.25) is 6.34 Å². The van der Waals surface area contributed by atoms with Crippen molar-refractivity contribution in [3.8, 4) is 0 Å². The Bertz CT molecular complexity index is 369. The van der Waals surface area contributed by atoms with E-state index in [0.717, 1.165) is 31.6 Å². The molecule has 0 aromatic carbocycles. The van der Waals surface area contributed by atoms with Gasteiger partial charge in [-0.3, -0.25) is 9.48 Å². The molecule has 0 N–H and O–H groups in total. The van der Waals surface area contributed by atoms with Crippen LogP contribution in [0.2, 0.25) is 6.04 Å². The van der Waals surface area contributed by atoms with Crippen LogP contribution in [0.5, 0.6) is 0 Å². The molecule has 0 saturated heterocycles. The van der Waals surface area contributed by atoms with Crippen molar-refractivity contribution in [3.63, 3.8) is 0 Å². The van der Waals surface area contributed by atoms with Crippen molar-refractivity contribution in [3.05, 3.63) is 0 Å². The summed E-state index contributed by atoms with van der Waals surface area (Å²) >= 11 is 0. The summed E-state index contributed by atoms with van der Waals surface area (Å²) in [5, 5.41) is 0. The van der Waals surface area contributed by atoms with Crippen molar-refractivity contribution < 1.29 is 17.9 Å². The minimum Gasteiger partial charge on any atom is -0.374 e. The summed E-state index contributed by atoms with van der Waals surface area (Å²) in [4.78, 5) is 2.58. The van der Waals surface area contributed by atoms with Gasteiger partial charge in [-0.15, -0.1) is 0 Å². The molecule has 0 unspecified atom stereocenters. The van der Waals surface area contributed by atoms with Crippen molar-refractivity contribution in [2.75, 3.05) is 39.5 Å². The molecule has 5 nitrogen and oxygen atoms in total. The van der Waals surface area contributed by atoms with E-state index in [1.54, 1.807) is 0 Å². The standard InChI is InChI=1S/C18H37N2O3Si/c1-4-21-24(22-5-2,23-6-3)16-10-13-19-14-15-20(17-19)18-11-8-7-9-12-18/h17-18H,4-16H2,1-3H3/q+1. The second kappa shape index (κ2) is 10.5. The highest BCUT2D eigenvalue weighted by Crippen LogP contribution is 2.23. The van der Waals surface area contributed by atoms with E-state index in [9.17, 15) is 0 Å². The van der Waals surface area contributed by atoms with E-state index in [-0.39, 0.29) is 0 Å². The lowest BCUT2D eigenvalue weighted by atomic mass is 9.95. The summed E-state index contributed by atoms with van der Waals surface area (Å²) < 4.78 is 20.3. The van der Waals surface area contributed by atoms with Crippen LogP contribution in [0.25, 0.3) is 0 Å². The second-order valence-electron chi connectivity index (χ2n) is 6.77. The zero-order valence-corrected chi connectivity index (χ0v) is 17.0. The summed E-state index contributed by atoms with van der Waals surface area (Å²) in [6.07, 6.45) is 10.4. The van der Waals surface area contributed by atoms with Crippen molar-refractivity contribution in [1.29, 1.82) is 0 Å². The summed E-state index contributed by atoms with van der Waals surface area (Å²) in [6, 6.07) is 1.70. The second-order valence-corrected chi connectivity index (χ2v) is 9.50. The van der Waals surface area contributed by atoms with E-state index in [2.05, 4.69) is 15.8 Å². The third kappa shape index (κ3) is 5.83. The first kappa shape index (κ1) is 19.9. The molecule has 0 bridgehead atoms. The molecule has 6 heteroatoms. The first-order chi connectivity index (χ1) is 11.7. The lowest BCUT2D eigenvalue weighted by molar-refractivity contribution is -0.513. The molecular weight excluding hydrogens is 320 g/mol. The van der Waals surface area contributed by atoms with E-state index < -0.39 is 8.80 Å². The Morgan fingerprint density at radius 3 is 2.21 bits per heavy atom. The smallest absolute Gasteiger partial charge is 0.374 e. The molecule has 2 rings (SSSR count). The maximum absolute atomic E-state index is 5.95. The molecule has 140 valence electrons. The quantitative estimate of drug-likeness (QED) is 0.420. The van der Waals surface area contributed by atoms with Crippen LogP contribution >= 0.6 is 0 Å². The fourth-order valence-electron chi connectivity index (χ4n) is 3.93. The van der Waals surface area contributed by atoms with E-state index in [4.69, 9.17) is 13.3 Å². The molecule has 1 saturated carbocycles. The van der Waals surface area contributed by atoms with Gasteiger partial charge in [-0.2, -0.15) is 0 Å². The minimum atomic E-state index is -2.47. The molecule has 0 atom stereocenters. The molecule has 0 amide bonds. The fraction of sp³-hybridized carbons (Fsp3) is 0.944. The Kier molecular flexibility index (Phi) is 8.73. The number of hydrogen-bond acceptors (Lipinski definition) is 4. The monoisotopic (exact) mass is 357 g/mol. The van der Waals surface area contributed by atoms with E-state index in [0.29, 0.717) is 19.8 Å². The zero-order valence-electron chi connectivity index (χ0n) is 16.0. The minimum absolute atomic E-state index is 0.664. The molecular formula is C18H37N2O3Si+. The van der Waals surface area contributed by atoms with Crippen molar-refractivity contribution in [1.82, 2.24) is 4.90 Å². The molecule has 0 aromatic rings. The predicted octanol–water partition coefficient (Wildman–Crippen LogP) is 3.11. The van der Waals surface area contributed by atoms with Gasteiger partial charge in [0, 0.05) is 25.9 Å². The number of hydrogen-bond donors (Lipinski definition) is 0. The van der Waals surface area contributed by atoms with Gasteiger partial charge in [0.15, 0.2) is 0 Å². The molecule has 1 aliphatic heterocycles. The molecule has 0 spiro atoms. The molecule has 0 aromatic heterocycles. The molecule has 2 aliphatic rings. The van der Waals surface area contributed by atoms with Gasteiger partial charge >= 0.3 is 8.80 Å². The highest BCUT2D eigenvalue weighted by Gasteiger charge is 2.40. The lowest BCUT2D eigenvalue weighted by Crippen LogP contribution is -2.46. The van der Waals surface area contributed by atoms with E-state index in [1.165, 1.54) is 38.6 Å². The van der Waals surface area contributed by atoms with Crippen molar-refractivity contribution >= 4 is 15.1 Å². The van der Waals surface area contributed by atoms with Gasteiger partial charge in [0.05, 0.1) is 12.6 Å². The van der Waals surface area contributed by atoms with Gasteiger partial charge in [0.25, 0.3) is 0 Å². The van der Waals surface area contributed by atoms with Crippen LogP contribution in [0.3, 0.4) is 0 Å². The topological polar surface area (TPSA) is 33.9 Å². The van der Waals surface area contributed by atoms with Crippen LogP contribution in [0.4, 0.5) is 0 Å². The predicted molar refractivity (Wildman–Crippen MR) is 99.7 cm³/mol. The lowest BCUT2D eigenvalue weighted by Gasteiger charge is -2.28. The third-order valence-electron chi connectivity index (χ3n) is 5.02. The molecule has 1 heterocycles. The van der Waals surface area contributed by atoms with Gasteiger partial charge in [0.1, 0.15) is 13.1 Å². The largest absolute Gasteiger partial charge is 0.501 e. The van der Waals surface area contributed by atoms with Crippen LogP contribution < -0.4 is 0 Å². The van der Waals surface area contributed by atoms with Gasteiger partial charge in [-0.25, -0.2) is 0 Å². The summed E-state index contributed by atoms with van der Waals surface area (Å²) in [7, 11) is -2.47. The first-order valence-electron chi connectivity index (χ1n) is 9.99. The Balaban J connectivity index is 1.80. The van der Waals surface area contributed by atoms with Crippen LogP contribution in [-0.2, 0) is 13.3 Å². The van der Waals surface area contributed by atoms with E-state index in [1.807, 2.05) is 20.8 Å². The summed E-state index contributed by atoms with van der Waals surface area (Å²) in [6.45, 7) is 11.5. The first-order valence-corrected chi connectivity index (χ1v) is 11.9. The zero-order chi connectivity index (χ0) is 17.3. The normalized spacial score (nSPS) is 19.8. The van der Waals surface area contributed by atoms with Crippen LogP contribution in [0.1, 0.15) is 59.3 Å². The number of nitrogens with zero attached hydrogens (tertiary/aromatic N) is 2. The van der Waals surface area contributed by atoms with Gasteiger partial charge in [-0.1, -0.05) is 6.42 Å². The fourth-order valence-corrected chi connectivity index (χ4v) is 6.52. The molecule has 1 aliphatic carbocycles. The van der Waals surface area contributed by atoms with E-state index >= 15 is 0 Å². The van der Waals surface area contributed by atoms with Crippen LogP contribution in [0, 0.1) is 0 Å². The maximum atomic E-state index is 5.95. The highest BCUT2D eigenvalue weighted by atomic mass is 28.4. The Hall–Kier alpha value is -0.433. The SMILES string of the molecule is CCO[Si](CCC[N+]1=CN(C2CCCCC2)CC1)(OCC)OCC. The van der Waals surface area contributed by atoms with Crippen LogP contribution in [0.15, 0.2) is 0 Å². The Morgan fingerprint density at radius 2 is 1.62 bits per heavy atom. The molecule has 1 fully saturated rings. The highest BCUT2D eigenvalue weighted by molar-refractivity contribution is 6.60. The molecule has 0 radical (unpaired) electrons. The summed E-state index contributed by atoms with van der Waals surface area (Å²) in [5.41, 5.74) is 0.